The molecule has 1 N–H and O–H groups in total. The lowest BCUT2D eigenvalue weighted by Gasteiger charge is -2.25. The molecule has 8 heteroatoms. The van der Waals surface area contributed by atoms with Gasteiger partial charge in [-0.15, -0.1) is 5.10 Å². The second kappa shape index (κ2) is 8.83. The van der Waals surface area contributed by atoms with Crippen molar-refractivity contribution in [2.75, 3.05) is 11.4 Å². The van der Waals surface area contributed by atoms with Crippen LogP contribution in [0.2, 0.25) is 5.02 Å². The zero-order chi connectivity index (χ0) is 21.1. The third-order valence-corrected chi connectivity index (χ3v) is 5.71. The molecule has 30 heavy (non-hydrogen) atoms. The van der Waals surface area contributed by atoms with E-state index in [0.29, 0.717) is 36.7 Å². The summed E-state index contributed by atoms with van der Waals surface area (Å²) in [5, 5.41) is 7.59. The van der Waals surface area contributed by atoms with Gasteiger partial charge >= 0.3 is 0 Å². The molecule has 0 spiro atoms. The summed E-state index contributed by atoms with van der Waals surface area (Å²) >= 11 is 6.23. The van der Waals surface area contributed by atoms with Crippen LogP contribution in [0.4, 0.5) is 5.82 Å². The highest BCUT2D eigenvalue weighted by Crippen LogP contribution is 2.24. The number of hydrogen-bond acceptors (Lipinski definition) is 5. The highest BCUT2D eigenvalue weighted by atomic mass is 35.5. The average Bonchev–Trinajstić information content (AvgIpc) is 3.26. The summed E-state index contributed by atoms with van der Waals surface area (Å²) in [7, 11) is 0. The minimum atomic E-state index is -0.378. The van der Waals surface area contributed by atoms with Gasteiger partial charge < -0.3 is 10.2 Å². The van der Waals surface area contributed by atoms with Gasteiger partial charge in [0.25, 0.3) is 5.56 Å². The average molecular weight is 426 g/mol. The molecular weight excluding hydrogens is 402 g/mol. The number of amides is 1. The predicted molar refractivity (Wildman–Crippen MR) is 117 cm³/mol. The van der Waals surface area contributed by atoms with Crippen molar-refractivity contribution >= 4 is 29.0 Å². The Balaban J connectivity index is 1.57. The number of rotatable bonds is 6. The van der Waals surface area contributed by atoms with Crippen molar-refractivity contribution in [2.45, 2.75) is 45.2 Å². The van der Waals surface area contributed by atoms with Crippen LogP contribution >= 0.6 is 11.6 Å². The Morgan fingerprint density at radius 1 is 1.23 bits per heavy atom. The van der Waals surface area contributed by atoms with Crippen molar-refractivity contribution in [1.82, 2.24) is 19.9 Å². The van der Waals surface area contributed by atoms with Crippen LogP contribution in [0.3, 0.4) is 0 Å². The first-order valence-corrected chi connectivity index (χ1v) is 10.6. The van der Waals surface area contributed by atoms with E-state index in [4.69, 9.17) is 11.6 Å². The second-order valence-corrected chi connectivity index (χ2v) is 7.82. The van der Waals surface area contributed by atoms with E-state index in [0.717, 1.165) is 24.8 Å². The van der Waals surface area contributed by atoms with E-state index in [1.807, 2.05) is 48.2 Å². The molecule has 0 radical (unpaired) electrons. The molecule has 3 aromatic rings. The van der Waals surface area contributed by atoms with Crippen LogP contribution < -0.4 is 15.8 Å². The fourth-order valence-electron chi connectivity index (χ4n) is 3.82. The van der Waals surface area contributed by atoms with Crippen LogP contribution in [0.5, 0.6) is 0 Å². The molecule has 156 valence electrons. The van der Waals surface area contributed by atoms with E-state index in [-0.39, 0.29) is 22.5 Å². The van der Waals surface area contributed by atoms with E-state index in [1.54, 1.807) is 6.07 Å². The molecule has 1 saturated heterocycles. The van der Waals surface area contributed by atoms with E-state index in [2.05, 4.69) is 15.4 Å². The van der Waals surface area contributed by atoms with Crippen LogP contribution in [-0.2, 0) is 17.8 Å². The Bertz CT molecular complexity index is 1120. The first-order valence-electron chi connectivity index (χ1n) is 10.2. The maximum absolute atomic E-state index is 12.8. The van der Waals surface area contributed by atoms with E-state index in [1.165, 1.54) is 4.52 Å². The number of hydrogen-bond donors (Lipinski definition) is 1. The zero-order valence-electron chi connectivity index (χ0n) is 16.8. The molecule has 1 amide bonds. The summed E-state index contributed by atoms with van der Waals surface area (Å²) < 4.78 is 1.23. The Morgan fingerprint density at radius 3 is 2.80 bits per heavy atom. The van der Waals surface area contributed by atoms with Gasteiger partial charge in [0.05, 0.1) is 5.69 Å². The summed E-state index contributed by atoms with van der Waals surface area (Å²) in [6.45, 7) is 3.19. The number of carbonyl (C=O) groups is 1. The first kappa shape index (κ1) is 20.3. The molecule has 1 fully saturated rings. The molecule has 1 atom stereocenters. The topological polar surface area (TPSA) is 79.6 Å². The largest absolute Gasteiger partial charge is 0.350 e. The van der Waals surface area contributed by atoms with Crippen molar-refractivity contribution in [3.63, 3.8) is 0 Å². The number of anilines is 1. The number of halogens is 1. The number of aryl methyl sites for hydroxylation is 1. The maximum atomic E-state index is 12.8. The van der Waals surface area contributed by atoms with Gasteiger partial charge in [-0.2, -0.15) is 4.52 Å². The smallest absolute Gasteiger partial charge is 0.293 e. The quantitative estimate of drug-likeness (QED) is 0.656. The Kier molecular flexibility index (Phi) is 5.99. The molecule has 1 aliphatic rings. The normalized spacial score (nSPS) is 16.2. The molecule has 0 saturated carbocycles. The monoisotopic (exact) mass is 425 g/mol. The van der Waals surface area contributed by atoms with Crippen molar-refractivity contribution in [2.24, 2.45) is 0 Å². The standard InChI is InChI=1S/C22H24ClN5O2/c1-2-7-16-20(23)22(30)28-18(25-16)11-12-19(26-28)27-13-6-10-17(27)21(29)24-14-15-8-4-3-5-9-15/h3-5,8-9,11-12,17H,2,6-7,10,13-14H2,1H3,(H,24,29). The fraction of sp³-hybridized carbons (Fsp3) is 0.364. The predicted octanol–water partition coefficient (Wildman–Crippen LogP) is 2.98. The fourth-order valence-corrected chi connectivity index (χ4v) is 4.03. The minimum absolute atomic E-state index is 0.0416. The van der Waals surface area contributed by atoms with Gasteiger partial charge in [0, 0.05) is 13.1 Å². The van der Waals surface area contributed by atoms with Crippen molar-refractivity contribution in [3.8, 4) is 0 Å². The third kappa shape index (κ3) is 4.03. The van der Waals surface area contributed by atoms with Crippen molar-refractivity contribution in [1.29, 1.82) is 0 Å². The SMILES string of the molecule is CCCc1nc2ccc(N3CCCC3C(=O)NCc3ccccc3)nn2c(=O)c1Cl. The second-order valence-electron chi connectivity index (χ2n) is 7.44. The molecule has 0 bridgehead atoms. The molecule has 3 heterocycles. The van der Waals surface area contributed by atoms with Gasteiger partial charge in [-0.1, -0.05) is 55.3 Å². The van der Waals surface area contributed by atoms with Crippen LogP contribution in [0, 0.1) is 0 Å². The van der Waals surface area contributed by atoms with Crippen LogP contribution in [-0.4, -0.2) is 33.1 Å². The summed E-state index contributed by atoms with van der Waals surface area (Å²) in [4.78, 5) is 31.9. The molecule has 1 unspecified atom stereocenters. The van der Waals surface area contributed by atoms with E-state index >= 15 is 0 Å². The van der Waals surface area contributed by atoms with Gasteiger partial charge in [0.2, 0.25) is 5.91 Å². The van der Waals surface area contributed by atoms with Crippen LogP contribution in [0.15, 0.2) is 47.3 Å². The van der Waals surface area contributed by atoms with Gasteiger partial charge in [-0.25, -0.2) is 4.98 Å². The lowest BCUT2D eigenvalue weighted by atomic mass is 10.2. The first-order chi connectivity index (χ1) is 14.6. The van der Waals surface area contributed by atoms with E-state index < -0.39 is 0 Å². The highest BCUT2D eigenvalue weighted by Gasteiger charge is 2.32. The number of nitrogens with one attached hydrogen (secondary N) is 1. The molecule has 1 aromatic carbocycles. The zero-order valence-corrected chi connectivity index (χ0v) is 17.6. The van der Waals surface area contributed by atoms with Crippen LogP contribution in [0.25, 0.3) is 5.65 Å². The van der Waals surface area contributed by atoms with Crippen molar-refractivity contribution in [3.05, 3.63) is 69.1 Å². The summed E-state index contributed by atoms with van der Waals surface area (Å²) in [6.07, 6.45) is 3.11. The summed E-state index contributed by atoms with van der Waals surface area (Å²) in [6, 6.07) is 13.1. The van der Waals surface area contributed by atoms with Crippen LogP contribution in [0.1, 0.15) is 37.4 Å². The minimum Gasteiger partial charge on any atom is -0.350 e. The molecular formula is C22H24ClN5O2. The Labute approximate surface area is 179 Å². The summed E-state index contributed by atoms with van der Waals surface area (Å²) in [5.41, 5.74) is 1.73. The lowest BCUT2D eigenvalue weighted by Crippen LogP contribution is -2.43. The molecule has 1 aliphatic heterocycles. The lowest BCUT2D eigenvalue weighted by molar-refractivity contribution is -0.122. The Hall–Kier alpha value is -2.93. The molecule has 2 aromatic heterocycles. The molecule has 7 nitrogen and oxygen atoms in total. The molecule has 0 aliphatic carbocycles. The van der Waals surface area contributed by atoms with Crippen molar-refractivity contribution < 1.29 is 4.79 Å². The van der Waals surface area contributed by atoms with E-state index in [9.17, 15) is 9.59 Å². The molecule has 4 rings (SSSR count). The summed E-state index contributed by atoms with van der Waals surface area (Å²) in [5.74, 6) is 0.531. The van der Waals surface area contributed by atoms with Gasteiger partial charge in [0.1, 0.15) is 16.9 Å². The highest BCUT2D eigenvalue weighted by molar-refractivity contribution is 6.31. The van der Waals surface area contributed by atoms with Gasteiger partial charge in [-0.3, -0.25) is 9.59 Å². The van der Waals surface area contributed by atoms with Gasteiger partial charge in [0.15, 0.2) is 5.65 Å². The van der Waals surface area contributed by atoms with Gasteiger partial charge in [-0.05, 0) is 37.0 Å². The maximum Gasteiger partial charge on any atom is 0.293 e. The number of nitrogens with zero attached hydrogens (tertiary/aromatic N) is 4. The number of benzene rings is 1. The Morgan fingerprint density at radius 2 is 2.03 bits per heavy atom. The third-order valence-electron chi connectivity index (χ3n) is 5.33. The number of fused-ring (bicyclic) bond motifs is 1. The number of carbonyl (C=O) groups excluding carboxylic acids is 1. The number of aromatic nitrogens is 3.